The molecule has 0 bridgehead atoms. The van der Waals surface area contributed by atoms with E-state index in [1.165, 1.54) is 24.6 Å². The number of hydrogen-bond acceptors (Lipinski definition) is 0. The van der Waals surface area contributed by atoms with Crippen LogP contribution in [0.4, 0.5) is 0 Å². The van der Waals surface area contributed by atoms with Gasteiger partial charge in [0, 0.05) is 17.1 Å². The molecule has 2 aromatic carbocycles. The maximum atomic E-state index is 2.28. The van der Waals surface area contributed by atoms with Crippen LogP contribution in [-0.2, 0) is 17.1 Å². The van der Waals surface area contributed by atoms with Crippen LogP contribution >= 0.6 is 15.8 Å². The van der Waals surface area contributed by atoms with E-state index in [1.54, 1.807) is 10.6 Å². The van der Waals surface area contributed by atoms with Crippen molar-refractivity contribution >= 4 is 26.5 Å². The minimum Gasteiger partial charge on any atom is -0.747 e. The quantitative estimate of drug-likeness (QED) is 0.381. The first-order valence-corrected chi connectivity index (χ1v) is 11.1. The summed E-state index contributed by atoms with van der Waals surface area (Å²) in [5, 5.41) is 3.14. The van der Waals surface area contributed by atoms with Crippen LogP contribution in [0.3, 0.4) is 0 Å². The van der Waals surface area contributed by atoms with E-state index < -0.39 is 0 Å². The Balaban J connectivity index is 0.000000364. The molecule has 0 saturated heterocycles. The van der Waals surface area contributed by atoms with Crippen LogP contribution in [0.15, 0.2) is 48.5 Å². The summed E-state index contributed by atoms with van der Waals surface area (Å²) in [6.45, 7) is 9.12. The van der Waals surface area contributed by atoms with Gasteiger partial charge in [0.2, 0.25) is 0 Å². The van der Waals surface area contributed by atoms with Crippen LogP contribution in [0.1, 0.15) is 27.7 Å². The first-order chi connectivity index (χ1) is 9.76. The summed E-state index contributed by atoms with van der Waals surface area (Å²) in [4.78, 5) is 0. The molecule has 0 radical (unpaired) electrons. The Morgan fingerprint density at radius 2 is 1.19 bits per heavy atom. The molecule has 0 fully saturated rings. The van der Waals surface area contributed by atoms with Gasteiger partial charge in [0.25, 0.3) is 0 Å². The predicted molar refractivity (Wildman–Crippen MR) is 99.3 cm³/mol. The molecule has 0 unspecified atom stereocenters. The Morgan fingerprint density at radius 1 is 0.762 bits per heavy atom. The summed E-state index contributed by atoms with van der Waals surface area (Å²) in [6.07, 6.45) is 5.32. The maximum absolute atomic E-state index is 2.28. The van der Waals surface area contributed by atoms with Crippen LogP contribution in [-0.4, -0.2) is 24.6 Å². The first kappa shape index (κ1) is 21.1. The fourth-order valence-electron chi connectivity index (χ4n) is 2.33. The van der Waals surface area contributed by atoms with Crippen LogP contribution in [0.5, 0.6) is 0 Å². The average Bonchev–Trinajstić information content (AvgIpc) is 3.15. The van der Waals surface area contributed by atoms with Crippen LogP contribution in [0.25, 0.3) is 0 Å². The first-order valence-electron chi connectivity index (χ1n) is 7.70. The summed E-state index contributed by atoms with van der Waals surface area (Å²) in [5.74, 6) is 0. The van der Waals surface area contributed by atoms with Crippen molar-refractivity contribution < 1.29 is 17.1 Å². The molecule has 0 aliphatic carbocycles. The monoisotopic (exact) mass is 362 g/mol. The standard InChI is InChI=1S/2C9H14P.Fe/c2*1-3-10(4-2)9-7-5-6-8-9;/h2*5-8H,3-4H2,1-2H3;/q-5;-1;. The third kappa shape index (κ3) is 7.25. The smallest absolute Gasteiger partial charge is 0 e. The molecule has 0 aliphatic heterocycles. The molecule has 21 heavy (non-hydrogen) atoms. The molecular weight excluding hydrogens is 334 g/mol. The molecule has 0 nitrogen and oxygen atoms in total. The van der Waals surface area contributed by atoms with Crippen molar-refractivity contribution in [3.63, 3.8) is 0 Å². The summed E-state index contributed by atoms with van der Waals surface area (Å²) in [5.41, 5.74) is 0. The Hall–Kier alpha value is 0.0795. The molecule has 0 spiro atoms. The SMILES string of the molecule is CCP(CC)[c-]1[cH-][cH-][cH-][cH-]1.CCP(CC)[c-]1cccc1.[Fe]. The molecule has 0 heterocycles. The number of rotatable bonds is 6. The molecule has 0 aliphatic rings. The van der Waals surface area contributed by atoms with E-state index in [0.29, 0.717) is 0 Å². The minimum atomic E-state index is 0. The van der Waals surface area contributed by atoms with E-state index in [2.05, 4.69) is 76.2 Å². The van der Waals surface area contributed by atoms with Gasteiger partial charge in [-0.05, 0) is 12.3 Å². The van der Waals surface area contributed by atoms with Crippen molar-refractivity contribution in [2.45, 2.75) is 27.7 Å². The van der Waals surface area contributed by atoms with Crippen molar-refractivity contribution in [3.8, 4) is 0 Å². The third-order valence-electron chi connectivity index (χ3n) is 3.55. The second-order valence-corrected chi connectivity index (χ2v) is 10.4. The fourth-order valence-corrected chi connectivity index (χ4v) is 5.87. The van der Waals surface area contributed by atoms with Crippen LogP contribution in [0, 0.1) is 0 Å². The van der Waals surface area contributed by atoms with Crippen molar-refractivity contribution in [1.82, 2.24) is 0 Å². The van der Waals surface area contributed by atoms with Gasteiger partial charge in [-0.15, -0.1) is 13.2 Å². The normalized spacial score (nSPS) is 10.2. The summed E-state index contributed by atoms with van der Waals surface area (Å²) >= 11 is 0. The van der Waals surface area contributed by atoms with E-state index in [0.717, 1.165) is 0 Å². The number of hydrogen-bond donors (Lipinski definition) is 0. The molecule has 3 heteroatoms. The third-order valence-corrected chi connectivity index (χ3v) is 8.66. The van der Waals surface area contributed by atoms with Crippen LogP contribution < -0.4 is 10.6 Å². The summed E-state index contributed by atoms with van der Waals surface area (Å²) in [6, 6.07) is 17.5. The van der Waals surface area contributed by atoms with Gasteiger partial charge in [0.05, 0.1) is 0 Å². The van der Waals surface area contributed by atoms with E-state index >= 15 is 0 Å². The molecule has 124 valence electrons. The van der Waals surface area contributed by atoms with Crippen molar-refractivity contribution in [1.29, 1.82) is 0 Å². The van der Waals surface area contributed by atoms with Crippen LogP contribution in [0.2, 0.25) is 0 Å². The molecule has 0 saturated carbocycles. The molecular formula is C18H28FeP2-6. The van der Waals surface area contributed by atoms with Gasteiger partial charge in [-0.2, -0.15) is 12.1 Å². The molecule has 0 atom stereocenters. The summed E-state index contributed by atoms with van der Waals surface area (Å²) < 4.78 is 0. The molecule has 0 aromatic heterocycles. The average molecular weight is 362 g/mol. The fraction of sp³-hybridized carbons (Fsp3) is 0.444. The Kier molecular flexibility index (Phi) is 12.7. The van der Waals surface area contributed by atoms with E-state index in [9.17, 15) is 0 Å². The van der Waals surface area contributed by atoms with E-state index in [-0.39, 0.29) is 32.9 Å². The predicted octanol–water partition coefficient (Wildman–Crippen LogP) is 5.10. The van der Waals surface area contributed by atoms with Gasteiger partial charge in [-0.25, -0.2) is 12.1 Å². The van der Waals surface area contributed by atoms with Crippen molar-refractivity contribution in [2.75, 3.05) is 24.6 Å². The topological polar surface area (TPSA) is 0 Å². The zero-order chi connectivity index (χ0) is 14.8. The van der Waals surface area contributed by atoms with E-state index in [4.69, 9.17) is 0 Å². The van der Waals surface area contributed by atoms with Gasteiger partial charge < -0.3 is 37.5 Å². The van der Waals surface area contributed by atoms with Gasteiger partial charge in [0.15, 0.2) is 0 Å². The zero-order valence-electron chi connectivity index (χ0n) is 13.7. The largest absolute Gasteiger partial charge is 0.747 e. The molecule has 2 aromatic rings. The second kappa shape index (κ2) is 12.6. The van der Waals surface area contributed by atoms with Crippen molar-refractivity contribution in [3.05, 3.63) is 48.5 Å². The van der Waals surface area contributed by atoms with Gasteiger partial charge in [-0.1, -0.05) is 40.0 Å². The Bertz CT molecular complexity index is 370. The zero-order valence-corrected chi connectivity index (χ0v) is 16.6. The second-order valence-electron chi connectivity index (χ2n) is 4.63. The minimum absolute atomic E-state index is 0. The maximum Gasteiger partial charge on any atom is 0 e. The molecule has 2 rings (SSSR count). The Morgan fingerprint density at radius 3 is 1.57 bits per heavy atom. The summed E-state index contributed by atoms with van der Waals surface area (Å²) in [7, 11) is 0.371. The van der Waals surface area contributed by atoms with E-state index in [1.807, 2.05) is 0 Å². The Labute approximate surface area is 144 Å². The molecule has 0 amide bonds. The van der Waals surface area contributed by atoms with Gasteiger partial charge >= 0.3 is 0 Å². The van der Waals surface area contributed by atoms with Crippen molar-refractivity contribution in [2.24, 2.45) is 0 Å². The van der Waals surface area contributed by atoms with Gasteiger partial charge in [-0.3, -0.25) is 0 Å². The molecule has 0 N–H and O–H groups in total. The van der Waals surface area contributed by atoms with Gasteiger partial charge in [0.1, 0.15) is 0 Å².